The van der Waals surface area contributed by atoms with Gasteiger partial charge in [-0.25, -0.2) is 0 Å². The molecule has 1 aromatic carbocycles. The van der Waals surface area contributed by atoms with Gasteiger partial charge in [0.25, 0.3) is 11.8 Å². The van der Waals surface area contributed by atoms with Crippen molar-refractivity contribution in [2.24, 2.45) is 5.92 Å². The number of piperazine rings is 1. The van der Waals surface area contributed by atoms with E-state index in [0.717, 1.165) is 5.56 Å². The van der Waals surface area contributed by atoms with Gasteiger partial charge in [-0.15, -0.1) is 0 Å². The second-order valence-electron chi connectivity index (χ2n) is 5.43. The molecule has 1 heterocycles. The molecule has 0 saturated carbocycles. The fourth-order valence-electron chi connectivity index (χ4n) is 2.26. The Kier molecular flexibility index (Phi) is 4.43. The molecule has 0 bridgehead atoms. The quantitative estimate of drug-likeness (QED) is 0.822. The number of allylic oxidation sites excluding steroid dienone is 1. The van der Waals surface area contributed by atoms with Gasteiger partial charge in [0.1, 0.15) is 5.70 Å². The van der Waals surface area contributed by atoms with Crippen LogP contribution in [-0.4, -0.2) is 24.6 Å². The highest BCUT2D eigenvalue weighted by Gasteiger charge is 2.45. The van der Waals surface area contributed by atoms with E-state index in [1.807, 2.05) is 44.2 Å². The minimum absolute atomic E-state index is 0.162. The molecule has 5 heteroatoms. The zero-order valence-corrected chi connectivity index (χ0v) is 12.5. The number of carbonyl (C=O) groups excluding carboxylic acids is 2. The van der Waals surface area contributed by atoms with Gasteiger partial charge in [0.2, 0.25) is 5.72 Å². The molecule has 1 aliphatic rings. The Hall–Kier alpha value is -2.14. The van der Waals surface area contributed by atoms with Gasteiger partial charge in [0, 0.05) is 13.5 Å². The van der Waals surface area contributed by atoms with Gasteiger partial charge in [-0.1, -0.05) is 50.3 Å². The molecule has 1 atom stereocenters. The monoisotopic (exact) mass is 288 g/mol. The molecule has 1 aliphatic heterocycles. The smallest absolute Gasteiger partial charge is 0.278 e. The van der Waals surface area contributed by atoms with Crippen LogP contribution in [0.2, 0.25) is 0 Å². The molecule has 5 nitrogen and oxygen atoms in total. The highest BCUT2D eigenvalue weighted by Crippen LogP contribution is 2.20. The number of amides is 2. The second kappa shape index (κ2) is 6.10. The standard InChI is InChI=1S/C16H20N2O3/c1-11(2)9-13-14(19)18-16(21-3,15(20)17-13)10-12-7-5-4-6-8-12/h4-9,11H,10H2,1-3H3,(H,17,20)(H,18,19)/b13-9-/t16-/m1/s1. The topological polar surface area (TPSA) is 67.4 Å². The van der Waals surface area contributed by atoms with Crippen molar-refractivity contribution in [2.45, 2.75) is 26.0 Å². The highest BCUT2D eigenvalue weighted by molar-refractivity contribution is 6.06. The van der Waals surface area contributed by atoms with Crippen LogP contribution >= 0.6 is 0 Å². The fourth-order valence-corrected chi connectivity index (χ4v) is 2.26. The summed E-state index contributed by atoms with van der Waals surface area (Å²) in [7, 11) is 1.42. The van der Waals surface area contributed by atoms with Gasteiger partial charge >= 0.3 is 0 Å². The van der Waals surface area contributed by atoms with Crippen molar-refractivity contribution in [3.8, 4) is 0 Å². The number of methoxy groups -OCH3 is 1. The fraction of sp³-hybridized carbons (Fsp3) is 0.375. The molecule has 0 radical (unpaired) electrons. The van der Waals surface area contributed by atoms with Crippen molar-refractivity contribution in [3.63, 3.8) is 0 Å². The van der Waals surface area contributed by atoms with E-state index in [1.54, 1.807) is 6.08 Å². The van der Waals surface area contributed by atoms with E-state index < -0.39 is 5.72 Å². The molecule has 21 heavy (non-hydrogen) atoms. The Morgan fingerprint density at radius 1 is 1.24 bits per heavy atom. The van der Waals surface area contributed by atoms with Gasteiger partial charge in [-0.05, 0) is 11.5 Å². The summed E-state index contributed by atoms with van der Waals surface area (Å²) >= 11 is 0. The number of carbonyl (C=O) groups is 2. The number of hydrogen-bond acceptors (Lipinski definition) is 3. The van der Waals surface area contributed by atoms with Gasteiger partial charge < -0.3 is 15.4 Å². The van der Waals surface area contributed by atoms with Crippen LogP contribution < -0.4 is 10.6 Å². The molecule has 0 spiro atoms. The molecule has 2 amide bonds. The first kappa shape index (κ1) is 15.3. The van der Waals surface area contributed by atoms with E-state index in [2.05, 4.69) is 10.6 Å². The maximum absolute atomic E-state index is 12.4. The first-order valence-electron chi connectivity index (χ1n) is 6.92. The van der Waals surface area contributed by atoms with Gasteiger partial charge in [0.05, 0.1) is 0 Å². The van der Waals surface area contributed by atoms with E-state index in [0.29, 0.717) is 0 Å². The van der Waals surface area contributed by atoms with Crippen molar-refractivity contribution in [1.29, 1.82) is 0 Å². The summed E-state index contributed by atoms with van der Waals surface area (Å²) in [6, 6.07) is 9.43. The van der Waals surface area contributed by atoms with Crippen LogP contribution in [0.25, 0.3) is 0 Å². The number of rotatable bonds is 4. The van der Waals surface area contributed by atoms with Crippen LogP contribution in [0.3, 0.4) is 0 Å². The predicted octanol–water partition coefficient (Wildman–Crippen LogP) is 1.36. The molecule has 112 valence electrons. The summed E-state index contributed by atoms with van der Waals surface area (Å²) in [6.07, 6.45) is 1.99. The molecule has 2 rings (SSSR count). The number of ether oxygens (including phenoxy) is 1. The van der Waals surface area contributed by atoms with E-state index in [-0.39, 0.29) is 29.9 Å². The van der Waals surface area contributed by atoms with Gasteiger partial charge in [-0.3, -0.25) is 9.59 Å². The minimum Gasteiger partial charge on any atom is -0.350 e. The summed E-state index contributed by atoms with van der Waals surface area (Å²) in [5.41, 5.74) is -0.186. The average molecular weight is 288 g/mol. The zero-order valence-electron chi connectivity index (χ0n) is 12.5. The van der Waals surface area contributed by atoms with Gasteiger partial charge in [-0.2, -0.15) is 0 Å². The van der Waals surface area contributed by atoms with Crippen LogP contribution in [-0.2, 0) is 20.7 Å². The van der Waals surface area contributed by atoms with Crippen LogP contribution in [0, 0.1) is 5.92 Å². The molecule has 1 saturated heterocycles. The zero-order chi connectivity index (χ0) is 15.5. The lowest BCUT2D eigenvalue weighted by molar-refractivity contribution is -0.156. The van der Waals surface area contributed by atoms with Crippen LogP contribution in [0.4, 0.5) is 0 Å². The minimum atomic E-state index is -1.37. The van der Waals surface area contributed by atoms with Crippen molar-refractivity contribution in [3.05, 3.63) is 47.7 Å². The van der Waals surface area contributed by atoms with Crippen molar-refractivity contribution in [2.75, 3.05) is 7.11 Å². The molecule has 1 fully saturated rings. The Morgan fingerprint density at radius 3 is 2.48 bits per heavy atom. The molecular formula is C16H20N2O3. The molecular weight excluding hydrogens is 268 g/mol. The number of benzene rings is 1. The first-order chi connectivity index (χ1) is 9.97. The molecule has 0 unspecified atom stereocenters. The SMILES string of the molecule is CO[C@@]1(Cc2ccccc2)NC(=O)/C(=C/C(C)C)NC1=O. The van der Waals surface area contributed by atoms with Gasteiger partial charge in [0.15, 0.2) is 0 Å². The van der Waals surface area contributed by atoms with E-state index in [9.17, 15) is 9.59 Å². The first-order valence-corrected chi connectivity index (χ1v) is 6.92. The third-order valence-electron chi connectivity index (χ3n) is 3.32. The van der Waals surface area contributed by atoms with Crippen molar-refractivity contribution < 1.29 is 14.3 Å². The molecule has 1 aromatic rings. The van der Waals surface area contributed by atoms with Crippen LogP contribution in [0.1, 0.15) is 19.4 Å². The normalized spacial score (nSPS) is 24.1. The van der Waals surface area contributed by atoms with Crippen molar-refractivity contribution in [1.82, 2.24) is 10.6 Å². The maximum Gasteiger partial charge on any atom is 0.278 e. The summed E-state index contributed by atoms with van der Waals surface area (Å²) in [4.78, 5) is 24.6. The number of hydrogen-bond donors (Lipinski definition) is 2. The summed E-state index contributed by atoms with van der Waals surface area (Å²) in [6.45, 7) is 3.88. The maximum atomic E-state index is 12.4. The lowest BCUT2D eigenvalue weighted by Crippen LogP contribution is -2.66. The van der Waals surface area contributed by atoms with E-state index in [4.69, 9.17) is 4.74 Å². The Bertz CT molecular complexity index is 566. The van der Waals surface area contributed by atoms with E-state index >= 15 is 0 Å². The lowest BCUT2D eigenvalue weighted by Gasteiger charge is -2.36. The lowest BCUT2D eigenvalue weighted by atomic mass is 9.98. The predicted molar refractivity (Wildman–Crippen MR) is 79.1 cm³/mol. The molecule has 2 N–H and O–H groups in total. The summed E-state index contributed by atoms with van der Waals surface area (Å²) in [5, 5.41) is 5.34. The average Bonchev–Trinajstić information content (AvgIpc) is 2.45. The molecule has 0 aliphatic carbocycles. The third kappa shape index (κ3) is 3.31. The molecule has 0 aromatic heterocycles. The number of nitrogens with one attached hydrogen (secondary N) is 2. The summed E-state index contributed by atoms with van der Waals surface area (Å²) < 4.78 is 5.35. The largest absolute Gasteiger partial charge is 0.350 e. The van der Waals surface area contributed by atoms with Crippen LogP contribution in [0.15, 0.2) is 42.1 Å². The van der Waals surface area contributed by atoms with Crippen LogP contribution in [0.5, 0.6) is 0 Å². The Balaban J connectivity index is 2.25. The van der Waals surface area contributed by atoms with E-state index in [1.165, 1.54) is 7.11 Å². The summed E-state index contributed by atoms with van der Waals surface area (Å²) in [5.74, 6) is -0.531. The third-order valence-corrected chi connectivity index (χ3v) is 3.32. The second-order valence-corrected chi connectivity index (χ2v) is 5.43. The van der Waals surface area contributed by atoms with Crippen molar-refractivity contribution >= 4 is 11.8 Å². The highest BCUT2D eigenvalue weighted by atomic mass is 16.5. The Morgan fingerprint density at radius 2 is 1.90 bits per heavy atom. The Labute approximate surface area is 124 Å².